The lowest BCUT2D eigenvalue weighted by molar-refractivity contribution is 0.0762. The highest BCUT2D eigenvalue weighted by Gasteiger charge is 2.51. The molecule has 1 N–H and O–H groups in total. The van der Waals surface area contributed by atoms with Crippen LogP contribution in [0.5, 0.6) is 0 Å². The van der Waals surface area contributed by atoms with Gasteiger partial charge in [0.25, 0.3) is 0 Å². The minimum absolute atomic E-state index is 0.323. The predicted molar refractivity (Wildman–Crippen MR) is 36.0 cm³/mol. The van der Waals surface area contributed by atoms with Gasteiger partial charge < -0.3 is 5.11 Å². The summed E-state index contributed by atoms with van der Waals surface area (Å²) >= 11 is 0. The summed E-state index contributed by atoms with van der Waals surface area (Å²) in [7, 11) is 0. The van der Waals surface area contributed by atoms with Crippen molar-refractivity contribution in [3.8, 4) is 6.07 Å². The first-order chi connectivity index (χ1) is 4.77. The maximum absolute atomic E-state index is 9.45. The summed E-state index contributed by atoms with van der Waals surface area (Å²) < 4.78 is 0. The van der Waals surface area contributed by atoms with Crippen LogP contribution < -0.4 is 0 Å². The van der Waals surface area contributed by atoms with E-state index in [0.29, 0.717) is 5.92 Å². The number of nitriles is 1. The monoisotopic (exact) mass is 137 g/mol. The summed E-state index contributed by atoms with van der Waals surface area (Å²) in [5.74, 6) is 0.648. The van der Waals surface area contributed by atoms with Gasteiger partial charge in [0.1, 0.15) is 0 Å². The van der Waals surface area contributed by atoms with Gasteiger partial charge in [-0.2, -0.15) is 5.26 Å². The molecule has 54 valence electrons. The van der Waals surface area contributed by atoms with Crippen LogP contribution in [-0.4, -0.2) is 11.2 Å². The van der Waals surface area contributed by atoms with Crippen molar-refractivity contribution in [3.05, 3.63) is 0 Å². The fourth-order valence-electron chi connectivity index (χ4n) is 2.40. The molecule has 0 aromatic rings. The van der Waals surface area contributed by atoms with Crippen molar-refractivity contribution in [2.24, 2.45) is 11.3 Å². The van der Waals surface area contributed by atoms with E-state index in [2.05, 4.69) is 6.07 Å². The molecule has 0 amide bonds. The third kappa shape index (κ3) is 0.564. The summed E-state index contributed by atoms with van der Waals surface area (Å²) in [6.45, 7) is 0. The molecular formula is C8H11NO. The Labute approximate surface area is 60.5 Å². The standard InChI is InChI=1S/C8H11NO/c9-5-8-2-1-6(4-8)3-7(8)10/h6-7,10H,1-4H2. The van der Waals surface area contributed by atoms with Gasteiger partial charge in [-0.05, 0) is 31.6 Å². The number of fused-ring (bicyclic) bond motifs is 2. The Morgan fingerprint density at radius 2 is 2.40 bits per heavy atom. The lowest BCUT2D eigenvalue weighted by Crippen LogP contribution is -2.27. The Bertz CT molecular complexity index is 196. The predicted octanol–water partition coefficient (Wildman–Crippen LogP) is 1.06. The Balaban J connectivity index is 2.29. The highest BCUT2D eigenvalue weighted by atomic mass is 16.3. The molecule has 2 heteroatoms. The molecule has 0 saturated heterocycles. The molecule has 0 radical (unpaired) electrons. The first-order valence-corrected chi connectivity index (χ1v) is 3.86. The average molecular weight is 137 g/mol. The van der Waals surface area contributed by atoms with Crippen LogP contribution in [-0.2, 0) is 0 Å². The van der Waals surface area contributed by atoms with Crippen molar-refractivity contribution < 1.29 is 5.11 Å². The van der Waals surface area contributed by atoms with Gasteiger partial charge in [0.2, 0.25) is 0 Å². The molecule has 2 aliphatic carbocycles. The molecule has 3 atom stereocenters. The molecule has 0 spiro atoms. The Hall–Kier alpha value is -0.550. The second kappa shape index (κ2) is 1.73. The van der Waals surface area contributed by atoms with Crippen molar-refractivity contribution >= 4 is 0 Å². The minimum Gasteiger partial charge on any atom is -0.391 e. The van der Waals surface area contributed by atoms with Crippen LogP contribution in [0.4, 0.5) is 0 Å². The number of hydrogen-bond acceptors (Lipinski definition) is 2. The lowest BCUT2D eigenvalue weighted by atomic mass is 9.83. The van der Waals surface area contributed by atoms with Crippen molar-refractivity contribution in [2.75, 3.05) is 0 Å². The lowest BCUT2D eigenvalue weighted by Gasteiger charge is -2.23. The summed E-state index contributed by atoms with van der Waals surface area (Å²) in [5, 5.41) is 18.3. The van der Waals surface area contributed by atoms with Gasteiger partial charge in [-0.1, -0.05) is 0 Å². The molecule has 2 nitrogen and oxygen atoms in total. The zero-order chi connectivity index (χ0) is 7.19. The van der Waals surface area contributed by atoms with E-state index in [1.807, 2.05) is 0 Å². The molecule has 0 aromatic heterocycles. The smallest absolute Gasteiger partial charge is 0.0835 e. The first kappa shape index (κ1) is 6.18. The third-order valence-corrected chi connectivity index (χ3v) is 3.07. The zero-order valence-electron chi connectivity index (χ0n) is 5.88. The Morgan fingerprint density at radius 3 is 2.70 bits per heavy atom. The van der Waals surface area contributed by atoms with Gasteiger partial charge in [-0.3, -0.25) is 0 Å². The molecule has 2 rings (SSSR count). The normalized spacial score (nSPS) is 51.2. The number of nitrogens with zero attached hydrogens (tertiary/aromatic N) is 1. The third-order valence-electron chi connectivity index (χ3n) is 3.07. The van der Waals surface area contributed by atoms with Crippen LogP contribution in [0.2, 0.25) is 0 Å². The molecule has 2 fully saturated rings. The van der Waals surface area contributed by atoms with E-state index in [0.717, 1.165) is 25.7 Å². The number of hydrogen-bond donors (Lipinski definition) is 1. The van der Waals surface area contributed by atoms with Gasteiger partial charge in [0, 0.05) is 0 Å². The van der Waals surface area contributed by atoms with Crippen LogP contribution in [0.3, 0.4) is 0 Å². The Kier molecular flexibility index (Phi) is 1.07. The van der Waals surface area contributed by atoms with Crippen LogP contribution in [0.25, 0.3) is 0 Å². The number of rotatable bonds is 0. The van der Waals surface area contributed by atoms with Crippen LogP contribution in [0, 0.1) is 22.7 Å². The Morgan fingerprint density at radius 1 is 1.60 bits per heavy atom. The topological polar surface area (TPSA) is 44.0 Å². The molecule has 0 heterocycles. The fourth-order valence-corrected chi connectivity index (χ4v) is 2.40. The minimum atomic E-state index is -0.329. The van der Waals surface area contributed by atoms with Crippen LogP contribution in [0.15, 0.2) is 0 Å². The summed E-state index contributed by atoms with van der Waals surface area (Å²) in [6.07, 6.45) is 3.58. The SMILES string of the molecule is N#CC12CCC(CC1O)C2. The van der Waals surface area contributed by atoms with Crippen molar-refractivity contribution in [2.45, 2.75) is 31.8 Å². The summed E-state index contributed by atoms with van der Waals surface area (Å²) in [4.78, 5) is 0. The molecule has 2 aliphatic rings. The van der Waals surface area contributed by atoms with Gasteiger partial charge in [0.15, 0.2) is 0 Å². The van der Waals surface area contributed by atoms with E-state index in [4.69, 9.17) is 5.26 Å². The summed E-state index contributed by atoms with van der Waals surface area (Å²) in [6, 6.07) is 2.27. The highest BCUT2D eigenvalue weighted by Crippen LogP contribution is 2.53. The molecular weight excluding hydrogens is 126 g/mol. The number of aliphatic hydroxyl groups excluding tert-OH is 1. The van der Waals surface area contributed by atoms with Gasteiger partial charge in [0.05, 0.1) is 17.6 Å². The largest absolute Gasteiger partial charge is 0.391 e. The second-order valence-electron chi connectivity index (χ2n) is 3.63. The van der Waals surface area contributed by atoms with Gasteiger partial charge in [-0.15, -0.1) is 0 Å². The highest BCUT2D eigenvalue weighted by molar-refractivity contribution is 5.13. The first-order valence-electron chi connectivity index (χ1n) is 3.86. The van der Waals surface area contributed by atoms with E-state index in [-0.39, 0.29) is 11.5 Å². The molecule has 0 aromatic carbocycles. The van der Waals surface area contributed by atoms with E-state index < -0.39 is 0 Å². The van der Waals surface area contributed by atoms with E-state index in [9.17, 15) is 5.11 Å². The maximum Gasteiger partial charge on any atom is 0.0835 e. The van der Waals surface area contributed by atoms with E-state index in [1.54, 1.807) is 0 Å². The fraction of sp³-hybridized carbons (Fsp3) is 0.875. The van der Waals surface area contributed by atoms with Crippen molar-refractivity contribution in [3.63, 3.8) is 0 Å². The molecule has 0 aliphatic heterocycles. The zero-order valence-corrected chi connectivity index (χ0v) is 5.88. The van der Waals surface area contributed by atoms with Gasteiger partial charge >= 0.3 is 0 Å². The summed E-state index contributed by atoms with van der Waals surface area (Å²) in [5.41, 5.74) is -0.329. The quantitative estimate of drug-likeness (QED) is 0.542. The van der Waals surface area contributed by atoms with E-state index >= 15 is 0 Å². The average Bonchev–Trinajstić information content (AvgIpc) is 2.44. The van der Waals surface area contributed by atoms with Crippen LogP contribution >= 0.6 is 0 Å². The van der Waals surface area contributed by atoms with Crippen LogP contribution in [0.1, 0.15) is 25.7 Å². The van der Waals surface area contributed by atoms with Crippen molar-refractivity contribution in [1.82, 2.24) is 0 Å². The maximum atomic E-state index is 9.45. The molecule has 2 bridgehead atoms. The molecule has 2 saturated carbocycles. The van der Waals surface area contributed by atoms with Gasteiger partial charge in [-0.25, -0.2) is 0 Å². The molecule has 10 heavy (non-hydrogen) atoms. The van der Waals surface area contributed by atoms with E-state index in [1.165, 1.54) is 0 Å². The molecule has 3 unspecified atom stereocenters. The van der Waals surface area contributed by atoms with Crippen molar-refractivity contribution in [1.29, 1.82) is 5.26 Å². The second-order valence-corrected chi connectivity index (χ2v) is 3.63. The number of aliphatic hydroxyl groups is 1.